The first-order valence-electron chi connectivity index (χ1n) is 8.22. The van der Waals surface area contributed by atoms with E-state index in [2.05, 4.69) is 10.6 Å². The van der Waals surface area contributed by atoms with Gasteiger partial charge in [-0.25, -0.2) is 4.79 Å². The van der Waals surface area contributed by atoms with E-state index in [9.17, 15) is 14.4 Å². The zero-order valence-corrected chi connectivity index (χ0v) is 14.0. The van der Waals surface area contributed by atoms with Gasteiger partial charge in [0.2, 0.25) is 5.91 Å². The van der Waals surface area contributed by atoms with Crippen LogP contribution >= 0.6 is 0 Å². The number of aliphatic hydroxyl groups is 1. The highest BCUT2D eigenvalue weighted by Gasteiger charge is 2.53. The zero-order valence-electron chi connectivity index (χ0n) is 14.0. The molecule has 0 unspecified atom stereocenters. The molecule has 7 nitrogen and oxygen atoms in total. The molecule has 0 aliphatic carbocycles. The predicted molar refractivity (Wildman–Crippen MR) is 94.0 cm³/mol. The van der Waals surface area contributed by atoms with E-state index in [0.29, 0.717) is 11.1 Å². The summed E-state index contributed by atoms with van der Waals surface area (Å²) in [6.45, 7) is -0.569. The largest absolute Gasteiger partial charge is 0.395 e. The summed E-state index contributed by atoms with van der Waals surface area (Å²) in [6, 6.07) is 17.2. The van der Waals surface area contributed by atoms with Crippen LogP contribution in [-0.4, -0.2) is 47.5 Å². The molecule has 134 valence electrons. The van der Waals surface area contributed by atoms with Crippen LogP contribution in [0.15, 0.2) is 60.7 Å². The van der Waals surface area contributed by atoms with Crippen molar-refractivity contribution in [1.29, 1.82) is 0 Å². The van der Waals surface area contributed by atoms with E-state index in [1.807, 2.05) is 12.1 Å². The molecule has 2 aromatic rings. The molecule has 0 radical (unpaired) electrons. The van der Waals surface area contributed by atoms with E-state index in [-0.39, 0.29) is 13.2 Å². The number of nitrogens with zero attached hydrogens (tertiary/aromatic N) is 1. The van der Waals surface area contributed by atoms with E-state index in [1.165, 1.54) is 0 Å². The third-order valence-corrected chi connectivity index (χ3v) is 4.25. The summed E-state index contributed by atoms with van der Waals surface area (Å²) >= 11 is 0. The molecule has 1 saturated heterocycles. The highest BCUT2D eigenvalue weighted by Crippen LogP contribution is 2.35. The molecule has 26 heavy (non-hydrogen) atoms. The van der Waals surface area contributed by atoms with Gasteiger partial charge in [-0.3, -0.25) is 14.5 Å². The van der Waals surface area contributed by atoms with E-state index >= 15 is 0 Å². The first kappa shape index (κ1) is 17.6. The van der Waals surface area contributed by atoms with Gasteiger partial charge < -0.3 is 15.7 Å². The van der Waals surface area contributed by atoms with Crippen LogP contribution in [0.5, 0.6) is 0 Å². The van der Waals surface area contributed by atoms with Crippen LogP contribution in [0, 0.1) is 0 Å². The number of nitrogens with one attached hydrogen (secondary N) is 2. The topological polar surface area (TPSA) is 98.7 Å². The molecule has 0 spiro atoms. The van der Waals surface area contributed by atoms with E-state index in [4.69, 9.17) is 5.11 Å². The number of carbonyl (C=O) groups is 3. The van der Waals surface area contributed by atoms with Crippen molar-refractivity contribution in [1.82, 2.24) is 15.5 Å². The smallest absolute Gasteiger partial charge is 0.326 e. The van der Waals surface area contributed by atoms with E-state index in [0.717, 1.165) is 4.90 Å². The Hall–Kier alpha value is -3.19. The maximum atomic E-state index is 13.3. The second-order valence-corrected chi connectivity index (χ2v) is 5.88. The Labute approximate surface area is 150 Å². The zero-order chi connectivity index (χ0) is 18.6. The average molecular weight is 353 g/mol. The third kappa shape index (κ3) is 3.04. The Morgan fingerprint density at radius 2 is 1.54 bits per heavy atom. The maximum absolute atomic E-state index is 13.3. The van der Waals surface area contributed by atoms with Crippen LogP contribution in [0.2, 0.25) is 0 Å². The SMILES string of the molecule is O=C(CN1C(=O)NC(c2ccccc2)(c2ccccc2)C1=O)NCCO. The van der Waals surface area contributed by atoms with Gasteiger partial charge in [-0.15, -0.1) is 0 Å². The van der Waals surface area contributed by atoms with Crippen molar-refractivity contribution >= 4 is 17.8 Å². The lowest BCUT2D eigenvalue weighted by atomic mass is 9.82. The second kappa shape index (κ2) is 7.37. The first-order chi connectivity index (χ1) is 12.6. The van der Waals surface area contributed by atoms with Crippen molar-refractivity contribution in [3.8, 4) is 0 Å². The Balaban J connectivity index is 2.00. The Morgan fingerprint density at radius 3 is 2.04 bits per heavy atom. The number of imide groups is 1. The number of carbonyl (C=O) groups excluding carboxylic acids is 3. The fourth-order valence-corrected chi connectivity index (χ4v) is 3.05. The van der Waals surface area contributed by atoms with Crippen molar-refractivity contribution in [2.75, 3.05) is 19.7 Å². The summed E-state index contributed by atoms with van der Waals surface area (Å²) in [4.78, 5) is 38.6. The van der Waals surface area contributed by atoms with Crippen molar-refractivity contribution in [3.05, 3.63) is 71.8 Å². The van der Waals surface area contributed by atoms with Crippen molar-refractivity contribution in [3.63, 3.8) is 0 Å². The molecule has 7 heteroatoms. The Bertz CT molecular complexity index is 769. The van der Waals surface area contributed by atoms with Gasteiger partial charge in [0.25, 0.3) is 5.91 Å². The van der Waals surface area contributed by atoms with Crippen LogP contribution < -0.4 is 10.6 Å². The van der Waals surface area contributed by atoms with Gasteiger partial charge in [0.15, 0.2) is 5.54 Å². The third-order valence-electron chi connectivity index (χ3n) is 4.25. The van der Waals surface area contributed by atoms with Crippen LogP contribution in [0.1, 0.15) is 11.1 Å². The van der Waals surface area contributed by atoms with Crippen LogP contribution in [-0.2, 0) is 15.1 Å². The van der Waals surface area contributed by atoms with Crippen molar-refractivity contribution in [2.24, 2.45) is 0 Å². The molecule has 3 N–H and O–H groups in total. The van der Waals surface area contributed by atoms with E-state index < -0.39 is 29.9 Å². The summed E-state index contributed by atoms with van der Waals surface area (Å²) in [5, 5.41) is 14.0. The summed E-state index contributed by atoms with van der Waals surface area (Å²) < 4.78 is 0. The van der Waals surface area contributed by atoms with Gasteiger partial charge >= 0.3 is 6.03 Å². The molecule has 0 saturated carbocycles. The molecule has 2 aromatic carbocycles. The molecule has 0 atom stereocenters. The molecule has 4 amide bonds. The highest BCUT2D eigenvalue weighted by atomic mass is 16.3. The summed E-state index contributed by atoms with van der Waals surface area (Å²) in [5.74, 6) is -1.03. The number of aliphatic hydroxyl groups excluding tert-OH is 1. The molecule has 0 bridgehead atoms. The summed E-state index contributed by atoms with van der Waals surface area (Å²) in [5.41, 5.74) is -0.151. The maximum Gasteiger partial charge on any atom is 0.326 e. The standard InChI is InChI=1S/C19H19N3O4/c23-12-11-20-16(24)13-22-17(25)19(21-18(22)26,14-7-3-1-4-8-14)15-9-5-2-6-10-15/h1-10,23H,11-13H2,(H,20,24)(H,21,26). The average Bonchev–Trinajstić information content (AvgIpc) is 2.93. The van der Waals surface area contributed by atoms with Gasteiger partial charge in [0.05, 0.1) is 6.61 Å². The minimum absolute atomic E-state index is 0.0605. The normalized spacial score (nSPS) is 15.7. The minimum Gasteiger partial charge on any atom is -0.395 e. The highest BCUT2D eigenvalue weighted by molar-refractivity contribution is 6.11. The monoisotopic (exact) mass is 353 g/mol. The summed E-state index contributed by atoms with van der Waals surface area (Å²) in [7, 11) is 0. The molecule has 1 fully saturated rings. The Kier molecular flexibility index (Phi) is 4.99. The molecule has 1 aliphatic heterocycles. The first-order valence-corrected chi connectivity index (χ1v) is 8.22. The molecule has 3 rings (SSSR count). The molecular formula is C19H19N3O4. The molecule has 0 aromatic heterocycles. The molecule has 1 aliphatic rings. The van der Waals surface area contributed by atoms with Gasteiger partial charge in [-0.2, -0.15) is 0 Å². The van der Waals surface area contributed by atoms with Gasteiger partial charge in [-0.05, 0) is 11.1 Å². The van der Waals surface area contributed by atoms with Gasteiger partial charge in [-0.1, -0.05) is 60.7 Å². The number of hydrogen-bond acceptors (Lipinski definition) is 4. The Morgan fingerprint density at radius 1 is 1.00 bits per heavy atom. The molecular weight excluding hydrogens is 334 g/mol. The lowest BCUT2D eigenvalue weighted by Gasteiger charge is -2.27. The quantitative estimate of drug-likeness (QED) is 0.662. The lowest BCUT2D eigenvalue weighted by molar-refractivity contribution is -0.134. The van der Waals surface area contributed by atoms with Gasteiger partial charge in [0.1, 0.15) is 6.54 Å². The number of amides is 4. The second-order valence-electron chi connectivity index (χ2n) is 5.88. The fourth-order valence-electron chi connectivity index (χ4n) is 3.05. The fraction of sp³-hybridized carbons (Fsp3) is 0.211. The number of benzene rings is 2. The van der Waals surface area contributed by atoms with Crippen LogP contribution in [0.4, 0.5) is 4.79 Å². The van der Waals surface area contributed by atoms with E-state index in [1.54, 1.807) is 48.5 Å². The number of urea groups is 1. The number of hydrogen-bond donors (Lipinski definition) is 3. The molecule has 1 heterocycles. The predicted octanol–water partition coefficient (Wildman–Crippen LogP) is 0.591. The van der Waals surface area contributed by atoms with Crippen molar-refractivity contribution in [2.45, 2.75) is 5.54 Å². The van der Waals surface area contributed by atoms with Crippen LogP contribution in [0.25, 0.3) is 0 Å². The van der Waals surface area contributed by atoms with Crippen LogP contribution in [0.3, 0.4) is 0 Å². The number of rotatable bonds is 6. The van der Waals surface area contributed by atoms with Crippen molar-refractivity contribution < 1.29 is 19.5 Å². The van der Waals surface area contributed by atoms with Gasteiger partial charge in [0, 0.05) is 6.54 Å². The minimum atomic E-state index is -1.38. The summed E-state index contributed by atoms with van der Waals surface area (Å²) in [6.07, 6.45) is 0. The lowest BCUT2D eigenvalue weighted by Crippen LogP contribution is -2.46.